The monoisotopic (exact) mass is 454 g/mol. The van der Waals surface area contributed by atoms with Gasteiger partial charge in [-0.1, -0.05) is 48.0 Å². The summed E-state index contributed by atoms with van der Waals surface area (Å²) < 4.78 is 7.23. The summed E-state index contributed by atoms with van der Waals surface area (Å²) in [6, 6.07) is 20.0. The Morgan fingerprint density at radius 1 is 0.971 bits per heavy atom. The fraction of sp³-hybridized carbons (Fsp3) is 0.241. The summed E-state index contributed by atoms with van der Waals surface area (Å²) in [6.45, 7) is 9.90. The zero-order valence-electron chi connectivity index (χ0n) is 20.5. The molecule has 34 heavy (non-hydrogen) atoms. The lowest BCUT2D eigenvalue weighted by molar-refractivity contribution is -0.136. The van der Waals surface area contributed by atoms with E-state index in [2.05, 4.69) is 35.8 Å². The van der Waals surface area contributed by atoms with E-state index < -0.39 is 5.97 Å². The Kier molecular flexibility index (Phi) is 6.29. The van der Waals surface area contributed by atoms with Gasteiger partial charge in [-0.25, -0.2) is 4.79 Å². The maximum Gasteiger partial charge on any atom is 0.340 e. The molecule has 5 nitrogen and oxygen atoms in total. The van der Waals surface area contributed by atoms with E-state index in [1.54, 1.807) is 11.8 Å². The van der Waals surface area contributed by atoms with E-state index in [0.717, 1.165) is 28.2 Å². The maximum atomic E-state index is 13.7. The number of allylic oxidation sites excluding steroid dienone is 1. The SMILES string of the molecule is COC(=O)C1=C(C)N([C@@H](C)c2ccccc2)C(=O)/C1=C\c1cc(C)n(-c2ccc(C)cc2)c1C. The van der Waals surface area contributed by atoms with Crippen molar-refractivity contribution >= 4 is 18.0 Å². The summed E-state index contributed by atoms with van der Waals surface area (Å²) >= 11 is 0. The third-order valence-corrected chi connectivity index (χ3v) is 6.56. The summed E-state index contributed by atoms with van der Waals surface area (Å²) in [5.74, 6) is -0.707. The van der Waals surface area contributed by atoms with Crippen molar-refractivity contribution in [3.8, 4) is 5.69 Å². The van der Waals surface area contributed by atoms with Crippen molar-refractivity contribution in [2.24, 2.45) is 0 Å². The van der Waals surface area contributed by atoms with Crippen molar-refractivity contribution in [2.45, 2.75) is 40.7 Å². The number of ether oxygens (including phenoxy) is 1. The second kappa shape index (κ2) is 9.18. The van der Waals surface area contributed by atoms with E-state index >= 15 is 0 Å². The fourth-order valence-corrected chi connectivity index (χ4v) is 4.73. The summed E-state index contributed by atoms with van der Waals surface area (Å²) in [5, 5.41) is 0. The van der Waals surface area contributed by atoms with Crippen LogP contribution in [0.5, 0.6) is 0 Å². The molecule has 1 aliphatic rings. The minimum Gasteiger partial charge on any atom is -0.465 e. The van der Waals surface area contributed by atoms with Crippen LogP contribution in [0.1, 0.15) is 48.0 Å². The first-order valence-corrected chi connectivity index (χ1v) is 11.4. The normalized spacial score (nSPS) is 15.9. The zero-order valence-corrected chi connectivity index (χ0v) is 20.5. The Morgan fingerprint density at radius 2 is 1.62 bits per heavy atom. The molecule has 1 aromatic heterocycles. The van der Waals surface area contributed by atoms with E-state index in [1.807, 2.05) is 63.2 Å². The van der Waals surface area contributed by atoms with Crippen LogP contribution in [-0.2, 0) is 14.3 Å². The Labute approximate surface area is 201 Å². The highest BCUT2D eigenvalue weighted by molar-refractivity contribution is 6.16. The van der Waals surface area contributed by atoms with Gasteiger partial charge in [0.1, 0.15) is 0 Å². The molecular weight excluding hydrogens is 424 g/mol. The van der Waals surface area contributed by atoms with Gasteiger partial charge in [-0.2, -0.15) is 0 Å². The summed E-state index contributed by atoms with van der Waals surface area (Å²) in [6.07, 6.45) is 1.82. The molecule has 0 saturated heterocycles. The van der Waals surface area contributed by atoms with Gasteiger partial charge in [-0.15, -0.1) is 0 Å². The number of benzene rings is 2. The highest BCUT2D eigenvalue weighted by atomic mass is 16.5. The number of nitrogens with zero attached hydrogens (tertiary/aromatic N) is 2. The number of amides is 1. The molecule has 0 aliphatic carbocycles. The molecule has 0 fully saturated rings. The largest absolute Gasteiger partial charge is 0.465 e. The Balaban J connectivity index is 1.81. The molecule has 0 radical (unpaired) electrons. The number of aryl methyl sites for hydroxylation is 2. The molecule has 3 aromatic rings. The summed E-state index contributed by atoms with van der Waals surface area (Å²) in [5.41, 5.74) is 7.47. The third-order valence-electron chi connectivity index (χ3n) is 6.56. The molecular formula is C29H30N2O3. The highest BCUT2D eigenvalue weighted by Crippen LogP contribution is 2.38. The highest BCUT2D eigenvalue weighted by Gasteiger charge is 2.39. The first-order chi connectivity index (χ1) is 16.2. The average molecular weight is 455 g/mol. The molecule has 5 heteroatoms. The van der Waals surface area contributed by atoms with Crippen LogP contribution < -0.4 is 0 Å². The van der Waals surface area contributed by atoms with E-state index in [0.29, 0.717) is 16.8 Å². The first-order valence-electron chi connectivity index (χ1n) is 11.4. The number of carbonyl (C=O) groups is 2. The maximum absolute atomic E-state index is 13.7. The van der Waals surface area contributed by atoms with Gasteiger partial charge in [0.25, 0.3) is 5.91 Å². The second-order valence-corrected chi connectivity index (χ2v) is 8.77. The van der Waals surface area contributed by atoms with Crippen LogP contribution in [0.25, 0.3) is 11.8 Å². The topological polar surface area (TPSA) is 51.5 Å². The number of carbonyl (C=O) groups excluding carboxylic acids is 2. The first kappa shape index (κ1) is 23.3. The molecule has 1 aliphatic heterocycles. The van der Waals surface area contributed by atoms with Gasteiger partial charge in [0.05, 0.1) is 24.3 Å². The molecule has 0 spiro atoms. The quantitative estimate of drug-likeness (QED) is 0.360. The van der Waals surface area contributed by atoms with E-state index in [4.69, 9.17) is 4.74 Å². The molecule has 0 unspecified atom stereocenters. The van der Waals surface area contributed by atoms with Gasteiger partial charge < -0.3 is 14.2 Å². The number of hydrogen-bond acceptors (Lipinski definition) is 3. The van der Waals surface area contributed by atoms with Crippen LogP contribution in [0.3, 0.4) is 0 Å². The predicted molar refractivity (Wildman–Crippen MR) is 134 cm³/mol. The molecule has 2 heterocycles. The lowest BCUT2D eigenvalue weighted by Gasteiger charge is -2.26. The Bertz CT molecular complexity index is 1310. The van der Waals surface area contributed by atoms with Crippen molar-refractivity contribution in [1.82, 2.24) is 9.47 Å². The molecule has 0 saturated carbocycles. The van der Waals surface area contributed by atoms with E-state index in [-0.39, 0.29) is 11.9 Å². The zero-order chi connectivity index (χ0) is 24.6. The number of methoxy groups -OCH3 is 1. The Hall–Kier alpha value is -3.86. The lowest BCUT2D eigenvalue weighted by Crippen LogP contribution is -2.28. The number of esters is 1. The van der Waals surface area contributed by atoms with Crippen LogP contribution >= 0.6 is 0 Å². The smallest absolute Gasteiger partial charge is 0.340 e. The second-order valence-electron chi connectivity index (χ2n) is 8.77. The van der Waals surface area contributed by atoms with Gasteiger partial charge >= 0.3 is 5.97 Å². The Morgan fingerprint density at radius 3 is 2.24 bits per heavy atom. The predicted octanol–water partition coefficient (Wildman–Crippen LogP) is 5.84. The van der Waals surface area contributed by atoms with Crippen LogP contribution in [-0.4, -0.2) is 28.5 Å². The van der Waals surface area contributed by atoms with Crippen LogP contribution in [0.15, 0.2) is 77.5 Å². The van der Waals surface area contributed by atoms with Crippen molar-refractivity contribution in [1.29, 1.82) is 0 Å². The molecule has 174 valence electrons. The van der Waals surface area contributed by atoms with Crippen LogP contribution in [0.2, 0.25) is 0 Å². The molecule has 1 amide bonds. The number of aromatic nitrogens is 1. The summed E-state index contributed by atoms with van der Waals surface area (Å²) in [4.78, 5) is 28.1. The minimum absolute atomic E-state index is 0.200. The van der Waals surface area contributed by atoms with E-state index in [9.17, 15) is 9.59 Å². The third kappa shape index (κ3) is 3.98. The fourth-order valence-electron chi connectivity index (χ4n) is 4.73. The van der Waals surface area contributed by atoms with Crippen molar-refractivity contribution in [3.05, 3.63) is 106 Å². The van der Waals surface area contributed by atoms with Gasteiger partial charge in [0, 0.05) is 22.8 Å². The molecule has 1 atom stereocenters. The molecule has 4 rings (SSSR count). The average Bonchev–Trinajstić information content (AvgIpc) is 3.25. The molecule has 0 bridgehead atoms. The van der Waals surface area contributed by atoms with Gasteiger partial charge in [0.15, 0.2) is 0 Å². The molecule has 0 N–H and O–H groups in total. The van der Waals surface area contributed by atoms with Gasteiger partial charge in [0.2, 0.25) is 0 Å². The summed E-state index contributed by atoms with van der Waals surface area (Å²) in [7, 11) is 1.34. The lowest BCUT2D eigenvalue weighted by atomic mass is 10.0. The number of hydrogen-bond donors (Lipinski definition) is 0. The van der Waals surface area contributed by atoms with Crippen molar-refractivity contribution in [3.63, 3.8) is 0 Å². The minimum atomic E-state index is -0.507. The van der Waals surface area contributed by atoms with E-state index in [1.165, 1.54) is 12.7 Å². The van der Waals surface area contributed by atoms with Gasteiger partial charge in [-0.3, -0.25) is 4.79 Å². The number of rotatable bonds is 5. The van der Waals surface area contributed by atoms with Gasteiger partial charge in [-0.05, 0) is 70.0 Å². The van der Waals surface area contributed by atoms with Crippen molar-refractivity contribution in [2.75, 3.05) is 7.11 Å². The van der Waals surface area contributed by atoms with Crippen molar-refractivity contribution < 1.29 is 14.3 Å². The standard InChI is InChI=1S/C29H30N2O3/c1-18-12-14-25(15-13-18)30-19(2)16-24(21(30)4)17-26-27(29(33)34-6)22(5)31(28(26)32)20(3)23-10-8-7-9-11-23/h7-17,20H,1-6H3/b26-17-/t20-/m0/s1. The van der Waals surface area contributed by atoms with Crippen LogP contribution in [0, 0.1) is 20.8 Å². The van der Waals surface area contributed by atoms with Crippen LogP contribution in [0.4, 0.5) is 0 Å². The molecule has 2 aromatic carbocycles.